The van der Waals surface area contributed by atoms with Crippen molar-refractivity contribution >= 4 is 6.03 Å². The summed E-state index contributed by atoms with van der Waals surface area (Å²) >= 11 is 0. The van der Waals surface area contributed by atoms with Gasteiger partial charge in [0.05, 0.1) is 25.3 Å². The number of morpholine rings is 1. The Bertz CT molecular complexity index is 673. The van der Waals surface area contributed by atoms with E-state index in [0.717, 1.165) is 16.7 Å². The number of aromatic nitrogens is 1. The minimum absolute atomic E-state index is 0.0310. The van der Waals surface area contributed by atoms with Crippen molar-refractivity contribution in [3.8, 4) is 11.1 Å². The highest BCUT2D eigenvalue weighted by Crippen LogP contribution is 2.21. The Morgan fingerprint density at radius 1 is 1.21 bits per heavy atom. The highest BCUT2D eigenvalue weighted by Gasteiger charge is 2.24. The van der Waals surface area contributed by atoms with Crippen molar-refractivity contribution in [1.82, 2.24) is 15.2 Å². The van der Waals surface area contributed by atoms with Crippen LogP contribution in [0.25, 0.3) is 11.1 Å². The molecule has 0 aliphatic carbocycles. The molecule has 1 aromatic heterocycles. The monoisotopic (exact) mass is 325 g/mol. The smallest absolute Gasteiger partial charge is 0.318 e. The van der Waals surface area contributed by atoms with Crippen LogP contribution >= 0.6 is 0 Å². The first-order valence-corrected chi connectivity index (χ1v) is 8.30. The Kier molecular flexibility index (Phi) is 5.11. The van der Waals surface area contributed by atoms with E-state index >= 15 is 0 Å². The van der Waals surface area contributed by atoms with Gasteiger partial charge in [-0.15, -0.1) is 0 Å². The van der Waals surface area contributed by atoms with Crippen molar-refractivity contribution in [3.63, 3.8) is 0 Å². The molecule has 1 aromatic carbocycles. The van der Waals surface area contributed by atoms with Crippen LogP contribution in [0.3, 0.4) is 0 Å². The van der Waals surface area contributed by atoms with Crippen LogP contribution in [0, 0.1) is 0 Å². The molecule has 0 unspecified atom stereocenters. The third-order valence-electron chi connectivity index (χ3n) is 4.39. The largest absolute Gasteiger partial charge is 0.377 e. The number of carbonyl (C=O) groups excluding carboxylic acids is 1. The molecular formula is C19H23N3O2. The molecule has 5 heteroatoms. The van der Waals surface area contributed by atoms with E-state index in [1.165, 1.54) is 0 Å². The Balaban J connectivity index is 1.64. The van der Waals surface area contributed by atoms with Crippen molar-refractivity contribution in [3.05, 3.63) is 54.4 Å². The topological polar surface area (TPSA) is 54.5 Å². The minimum Gasteiger partial charge on any atom is -0.377 e. The summed E-state index contributed by atoms with van der Waals surface area (Å²) in [6.07, 6.45) is 3.57. The van der Waals surface area contributed by atoms with E-state index in [9.17, 15) is 4.79 Å². The lowest BCUT2D eigenvalue weighted by Crippen LogP contribution is -2.51. The van der Waals surface area contributed by atoms with Crippen LogP contribution in [0.1, 0.15) is 25.5 Å². The molecule has 1 N–H and O–H groups in total. The number of ether oxygens (including phenoxy) is 1. The zero-order valence-corrected chi connectivity index (χ0v) is 14.1. The van der Waals surface area contributed by atoms with Gasteiger partial charge in [-0.2, -0.15) is 0 Å². The molecule has 0 spiro atoms. The summed E-state index contributed by atoms with van der Waals surface area (Å²) < 4.78 is 5.38. The highest BCUT2D eigenvalue weighted by atomic mass is 16.5. The fourth-order valence-corrected chi connectivity index (χ4v) is 2.89. The van der Waals surface area contributed by atoms with Crippen molar-refractivity contribution in [1.29, 1.82) is 0 Å². The Labute approximate surface area is 142 Å². The molecule has 1 aliphatic heterocycles. The summed E-state index contributed by atoms with van der Waals surface area (Å²) in [5.74, 6) is 0. The number of urea groups is 1. The van der Waals surface area contributed by atoms with Gasteiger partial charge in [0.1, 0.15) is 0 Å². The summed E-state index contributed by atoms with van der Waals surface area (Å²) in [4.78, 5) is 18.3. The fourth-order valence-electron chi connectivity index (χ4n) is 2.89. The van der Waals surface area contributed by atoms with Gasteiger partial charge in [-0.1, -0.05) is 24.3 Å². The van der Waals surface area contributed by atoms with Crippen LogP contribution in [0.4, 0.5) is 4.79 Å². The van der Waals surface area contributed by atoms with Crippen LogP contribution in [-0.4, -0.2) is 41.7 Å². The van der Waals surface area contributed by atoms with E-state index in [2.05, 4.69) is 34.6 Å². The van der Waals surface area contributed by atoms with Crippen LogP contribution in [0.2, 0.25) is 0 Å². The van der Waals surface area contributed by atoms with Crippen molar-refractivity contribution in [2.75, 3.05) is 19.8 Å². The van der Waals surface area contributed by atoms with Crippen molar-refractivity contribution in [2.45, 2.75) is 25.9 Å². The second-order valence-corrected chi connectivity index (χ2v) is 6.15. The Morgan fingerprint density at radius 2 is 1.88 bits per heavy atom. The third kappa shape index (κ3) is 3.74. The maximum Gasteiger partial charge on any atom is 0.318 e. The predicted molar refractivity (Wildman–Crippen MR) is 93.6 cm³/mol. The van der Waals surface area contributed by atoms with Gasteiger partial charge in [-0.3, -0.25) is 4.98 Å². The molecule has 2 aromatic rings. The molecule has 3 rings (SSSR count). The fraction of sp³-hybridized carbons (Fsp3) is 0.368. The highest BCUT2D eigenvalue weighted by molar-refractivity contribution is 5.75. The van der Waals surface area contributed by atoms with E-state index in [1.54, 1.807) is 12.4 Å². The predicted octanol–water partition coefficient (Wildman–Crippen LogP) is 3.24. The first-order chi connectivity index (χ1) is 11.6. The van der Waals surface area contributed by atoms with Crippen LogP contribution in [0.5, 0.6) is 0 Å². The average molecular weight is 325 g/mol. The normalized spacial score (nSPS) is 18.9. The molecule has 24 heavy (non-hydrogen) atoms. The number of amides is 2. The van der Waals surface area contributed by atoms with E-state index in [1.807, 2.05) is 30.9 Å². The second kappa shape index (κ2) is 7.45. The lowest BCUT2D eigenvalue weighted by Gasteiger charge is -2.34. The van der Waals surface area contributed by atoms with Crippen molar-refractivity contribution in [2.24, 2.45) is 0 Å². The average Bonchev–Trinajstić information content (AvgIpc) is 2.63. The number of nitrogens with zero attached hydrogens (tertiary/aromatic N) is 2. The first-order valence-electron chi connectivity index (χ1n) is 8.30. The Morgan fingerprint density at radius 3 is 2.54 bits per heavy atom. The molecule has 1 saturated heterocycles. The molecule has 2 amide bonds. The number of nitrogens with one attached hydrogen (secondary N) is 1. The maximum absolute atomic E-state index is 12.4. The number of benzene rings is 1. The van der Waals surface area contributed by atoms with Gasteiger partial charge in [-0.05, 0) is 42.7 Å². The molecule has 1 fully saturated rings. The molecule has 0 saturated carbocycles. The number of hydrogen-bond donors (Lipinski definition) is 1. The van der Waals surface area contributed by atoms with E-state index in [4.69, 9.17) is 4.74 Å². The minimum atomic E-state index is -0.0426. The Hall–Kier alpha value is -2.40. The molecular weight excluding hydrogens is 302 g/mol. The summed E-state index contributed by atoms with van der Waals surface area (Å²) in [5, 5.41) is 3.08. The summed E-state index contributed by atoms with van der Waals surface area (Å²) in [6.45, 7) is 5.85. The lowest BCUT2D eigenvalue weighted by molar-refractivity contribution is 0.0185. The van der Waals surface area contributed by atoms with Gasteiger partial charge in [0, 0.05) is 18.9 Å². The van der Waals surface area contributed by atoms with Gasteiger partial charge in [0.15, 0.2) is 0 Å². The van der Waals surface area contributed by atoms with Crippen molar-refractivity contribution < 1.29 is 9.53 Å². The zero-order valence-electron chi connectivity index (χ0n) is 14.1. The lowest BCUT2D eigenvalue weighted by atomic mass is 10.0. The van der Waals surface area contributed by atoms with E-state index in [0.29, 0.717) is 19.8 Å². The molecule has 0 bridgehead atoms. The molecule has 2 heterocycles. The number of pyridine rings is 1. The molecule has 5 nitrogen and oxygen atoms in total. The van der Waals surface area contributed by atoms with Gasteiger partial charge < -0.3 is 15.0 Å². The van der Waals surface area contributed by atoms with E-state index in [-0.39, 0.29) is 18.1 Å². The van der Waals surface area contributed by atoms with Gasteiger partial charge in [-0.25, -0.2) is 4.79 Å². The maximum atomic E-state index is 12.4. The van der Waals surface area contributed by atoms with Crippen LogP contribution < -0.4 is 5.32 Å². The summed E-state index contributed by atoms with van der Waals surface area (Å²) in [5.41, 5.74) is 3.36. The van der Waals surface area contributed by atoms with E-state index < -0.39 is 0 Å². The molecule has 1 aliphatic rings. The summed E-state index contributed by atoms with van der Waals surface area (Å²) in [7, 11) is 0. The second-order valence-electron chi connectivity index (χ2n) is 6.15. The zero-order chi connectivity index (χ0) is 16.9. The number of hydrogen-bond acceptors (Lipinski definition) is 3. The number of rotatable bonds is 3. The van der Waals surface area contributed by atoms with Crippen LogP contribution in [-0.2, 0) is 4.74 Å². The van der Waals surface area contributed by atoms with Gasteiger partial charge in [0.2, 0.25) is 0 Å². The summed E-state index contributed by atoms with van der Waals surface area (Å²) in [6, 6.07) is 12.3. The quantitative estimate of drug-likeness (QED) is 0.942. The third-order valence-corrected chi connectivity index (χ3v) is 4.39. The first kappa shape index (κ1) is 16.5. The number of carbonyl (C=O) groups is 1. The van der Waals surface area contributed by atoms with Gasteiger partial charge >= 0.3 is 6.03 Å². The molecule has 0 radical (unpaired) electrons. The SMILES string of the molecule is C[C@H](NC(=O)N1CCOC[C@@H]1C)c1ccc(-c2ccncc2)cc1. The van der Waals surface area contributed by atoms with Crippen LogP contribution in [0.15, 0.2) is 48.8 Å². The molecule has 2 atom stereocenters. The molecule has 126 valence electrons. The standard InChI is InChI=1S/C19H23N3O2/c1-14-13-24-12-11-22(14)19(23)21-15(2)16-3-5-17(6-4-16)18-7-9-20-10-8-18/h3-10,14-15H,11-13H2,1-2H3,(H,21,23)/t14-,15-/m0/s1. The van der Waals surface area contributed by atoms with Gasteiger partial charge in [0.25, 0.3) is 0 Å².